The molecular formula is C48H80O18. The third-order valence-electron chi connectivity index (χ3n) is 19.4. The molecule has 11 N–H and O–H groups in total. The number of fused-ring (bicyclic) bond motifs is 7. The number of aliphatic hydroxyl groups excluding tert-OH is 11. The van der Waals surface area contributed by atoms with E-state index in [1.807, 2.05) is 0 Å². The van der Waals surface area contributed by atoms with Gasteiger partial charge in [0.25, 0.3) is 0 Å². The molecule has 0 aromatic heterocycles. The summed E-state index contributed by atoms with van der Waals surface area (Å²) in [6.45, 7) is 15.7. The SMILES string of the molecule is CO[C@@H]1C=C2[C@@H]3CC(C)(C)[C@H](O)C[C@]3(CO)[C@H](O)C[C@@]2(C)[C@]2(C)CC[C@H]3C(C)(C)[C@@H](O[C@@H]4O[C@H](C)[C@H](O)[C@H](O)[C@H]4O[C@@H]4O[C@H](CO)[C@@H](O)[C@H](O)[C@H]4O[C@@H]4OC[C@@H](O)[C@H](O)[C@H]4O)CC[C@]3(C)[C@@H]12. The molecule has 66 heavy (non-hydrogen) atoms. The Morgan fingerprint density at radius 3 is 1.95 bits per heavy atom. The van der Waals surface area contributed by atoms with Gasteiger partial charge in [0, 0.05) is 18.4 Å². The molecule has 18 heteroatoms. The number of hydrogen-bond acceptors (Lipinski definition) is 18. The summed E-state index contributed by atoms with van der Waals surface area (Å²) >= 11 is 0. The molecule has 0 unspecified atom stereocenters. The van der Waals surface area contributed by atoms with Crippen LogP contribution in [0.2, 0.25) is 0 Å². The lowest BCUT2D eigenvalue weighted by atomic mass is 9.32. The molecular weight excluding hydrogens is 865 g/mol. The van der Waals surface area contributed by atoms with Crippen molar-refractivity contribution < 1.29 is 89.3 Å². The van der Waals surface area contributed by atoms with Crippen molar-refractivity contribution >= 4 is 0 Å². The number of allylic oxidation sites excluding steroid dienone is 1. The van der Waals surface area contributed by atoms with Crippen LogP contribution in [-0.4, -0.2) is 194 Å². The second-order valence-corrected chi connectivity index (χ2v) is 23.6. The molecule has 0 spiro atoms. The molecule has 0 amide bonds. The number of rotatable bonds is 9. The van der Waals surface area contributed by atoms with Crippen LogP contribution in [0.25, 0.3) is 0 Å². The van der Waals surface area contributed by atoms with Crippen LogP contribution in [0.1, 0.15) is 100 Å². The van der Waals surface area contributed by atoms with Gasteiger partial charge in [0.15, 0.2) is 18.9 Å². The largest absolute Gasteiger partial charge is 0.396 e. The lowest BCUT2D eigenvalue weighted by molar-refractivity contribution is -0.393. The van der Waals surface area contributed by atoms with Crippen LogP contribution in [0, 0.1) is 50.2 Å². The number of ether oxygens (including phenoxy) is 7. The number of hydrogen-bond donors (Lipinski definition) is 11. The van der Waals surface area contributed by atoms with Crippen molar-refractivity contribution in [2.24, 2.45) is 50.2 Å². The molecule has 0 aromatic carbocycles. The maximum absolute atomic E-state index is 12.2. The summed E-state index contributed by atoms with van der Waals surface area (Å²) in [7, 11) is 1.76. The second-order valence-electron chi connectivity index (χ2n) is 23.6. The van der Waals surface area contributed by atoms with E-state index < -0.39 is 139 Å². The first-order chi connectivity index (χ1) is 30.8. The highest BCUT2D eigenvalue weighted by Crippen LogP contribution is 2.76. The van der Waals surface area contributed by atoms with Crippen molar-refractivity contribution in [3.8, 4) is 0 Å². The van der Waals surface area contributed by atoms with Gasteiger partial charge >= 0.3 is 0 Å². The summed E-state index contributed by atoms with van der Waals surface area (Å²) in [5.74, 6) is -0.0359. The van der Waals surface area contributed by atoms with E-state index in [1.165, 1.54) is 5.57 Å². The molecule has 5 aliphatic carbocycles. The Morgan fingerprint density at radius 1 is 0.682 bits per heavy atom. The minimum atomic E-state index is -1.81. The Bertz CT molecular complexity index is 1770. The number of aliphatic hydroxyl groups is 11. The van der Waals surface area contributed by atoms with E-state index >= 15 is 0 Å². The highest BCUT2D eigenvalue weighted by atomic mass is 16.8. The van der Waals surface area contributed by atoms with Gasteiger partial charge in [0.05, 0.1) is 50.3 Å². The van der Waals surface area contributed by atoms with Gasteiger partial charge in [-0.25, -0.2) is 0 Å². The molecule has 3 heterocycles. The first kappa shape index (κ1) is 51.4. The van der Waals surface area contributed by atoms with Gasteiger partial charge in [-0.2, -0.15) is 0 Å². The zero-order valence-electron chi connectivity index (χ0n) is 40.0. The van der Waals surface area contributed by atoms with Crippen LogP contribution < -0.4 is 0 Å². The van der Waals surface area contributed by atoms with Crippen LogP contribution in [0.5, 0.6) is 0 Å². The Morgan fingerprint density at radius 2 is 1.32 bits per heavy atom. The molecule has 7 fully saturated rings. The molecule has 25 atom stereocenters. The molecule has 8 rings (SSSR count). The zero-order chi connectivity index (χ0) is 48.4. The third kappa shape index (κ3) is 7.74. The minimum Gasteiger partial charge on any atom is -0.396 e. The minimum absolute atomic E-state index is 0.0235. The van der Waals surface area contributed by atoms with Crippen molar-refractivity contribution in [3.05, 3.63) is 11.6 Å². The van der Waals surface area contributed by atoms with Gasteiger partial charge in [-0.3, -0.25) is 0 Å². The maximum Gasteiger partial charge on any atom is 0.187 e. The highest BCUT2D eigenvalue weighted by Gasteiger charge is 2.72. The van der Waals surface area contributed by atoms with Gasteiger partial charge in [-0.1, -0.05) is 60.1 Å². The van der Waals surface area contributed by atoms with Crippen molar-refractivity contribution in [1.29, 1.82) is 0 Å². The Hall–Kier alpha value is -0.980. The Labute approximate surface area is 388 Å². The van der Waals surface area contributed by atoms with Crippen LogP contribution in [0.15, 0.2) is 11.6 Å². The summed E-state index contributed by atoms with van der Waals surface area (Å²) in [5.41, 5.74) is -1.62. The lowest BCUT2D eigenvalue weighted by Crippen LogP contribution is -2.70. The predicted molar refractivity (Wildman–Crippen MR) is 232 cm³/mol. The first-order valence-corrected chi connectivity index (χ1v) is 24.3. The number of methoxy groups -OCH3 is 1. The lowest BCUT2D eigenvalue weighted by Gasteiger charge is -2.73. The van der Waals surface area contributed by atoms with Crippen LogP contribution in [0.3, 0.4) is 0 Å². The van der Waals surface area contributed by atoms with Crippen molar-refractivity contribution in [2.45, 2.75) is 211 Å². The molecule has 3 aliphatic heterocycles. The fraction of sp³-hybridized carbons (Fsp3) is 0.958. The molecule has 0 radical (unpaired) electrons. The summed E-state index contributed by atoms with van der Waals surface area (Å²) < 4.78 is 43.3. The van der Waals surface area contributed by atoms with E-state index in [2.05, 4.69) is 54.5 Å². The van der Waals surface area contributed by atoms with Crippen molar-refractivity contribution in [3.63, 3.8) is 0 Å². The fourth-order valence-corrected chi connectivity index (χ4v) is 15.1. The van der Waals surface area contributed by atoms with E-state index in [4.69, 9.17) is 33.2 Å². The van der Waals surface area contributed by atoms with Crippen molar-refractivity contribution in [2.75, 3.05) is 26.9 Å². The Balaban J connectivity index is 1.07. The van der Waals surface area contributed by atoms with E-state index in [0.717, 1.165) is 19.3 Å². The fourth-order valence-electron chi connectivity index (χ4n) is 15.1. The topological polar surface area (TPSA) is 287 Å². The quantitative estimate of drug-likeness (QED) is 0.106. The molecule has 18 nitrogen and oxygen atoms in total. The van der Waals surface area contributed by atoms with Gasteiger partial charge in [-0.05, 0) is 90.8 Å². The smallest absolute Gasteiger partial charge is 0.187 e. The van der Waals surface area contributed by atoms with Crippen LogP contribution in [0.4, 0.5) is 0 Å². The van der Waals surface area contributed by atoms with E-state index in [0.29, 0.717) is 25.7 Å². The van der Waals surface area contributed by atoms with E-state index in [-0.39, 0.29) is 41.3 Å². The van der Waals surface area contributed by atoms with Gasteiger partial charge in [0.2, 0.25) is 0 Å². The third-order valence-corrected chi connectivity index (χ3v) is 19.4. The Kier molecular flexibility index (Phi) is 14.0. The highest BCUT2D eigenvalue weighted by molar-refractivity contribution is 5.37. The monoisotopic (exact) mass is 945 g/mol. The molecule has 8 aliphatic rings. The van der Waals surface area contributed by atoms with Gasteiger partial charge in [-0.15, -0.1) is 0 Å². The molecule has 3 saturated heterocycles. The normalized spacial score (nSPS) is 55.7. The van der Waals surface area contributed by atoms with Crippen LogP contribution >= 0.6 is 0 Å². The molecule has 4 saturated carbocycles. The first-order valence-electron chi connectivity index (χ1n) is 24.3. The molecule has 0 aromatic rings. The van der Waals surface area contributed by atoms with E-state index in [9.17, 15) is 56.2 Å². The van der Waals surface area contributed by atoms with E-state index in [1.54, 1.807) is 14.0 Å². The van der Waals surface area contributed by atoms with Crippen molar-refractivity contribution in [1.82, 2.24) is 0 Å². The average Bonchev–Trinajstić information content (AvgIpc) is 3.25. The molecule has 0 bridgehead atoms. The average molecular weight is 945 g/mol. The standard InChI is InChI=1S/C48H80O18/c1-21-31(54)34(57)37(66-42-38(35(58)33(56)26(18-49)63-42)65-40-36(59)32(55)24(51)19-61-40)41(62-21)64-30-11-12-45(6)27(44(30,4)5)10-13-46(7)39(45)25(60-9)14-22-23-15-43(2,3)28(52)17-48(23,20-50)29(53)16-47(22,46)8/h14,21,23-42,49-59H,10-13,15-20H2,1-9H3/t21-,23+,24-,25-,26-,27+,28-,29-,30+,31+,32+,33-,34+,35+,36-,37-,38-,39-,40+,41+,42+,45+,46-,47-,48-/m1/s1. The van der Waals surface area contributed by atoms with Gasteiger partial charge < -0.3 is 89.3 Å². The van der Waals surface area contributed by atoms with Gasteiger partial charge in [0.1, 0.15) is 61.0 Å². The second kappa shape index (κ2) is 17.9. The summed E-state index contributed by atoms with van der Waals surface area (Å²) in [6.07, 6.45) is -17.0. The summed E-state index contributed by atoms with van der Waals surface area (Å²) in [5, 5.41) is 121. The maximum atomic E-state index is 12.2. The zero-order valence-corrected chi connectivity index (χ0v) is 40.0. The summed E-state index contributed by atoms with van der Waals surface area (Å²) in [6, 6.07) is 0. The molecule has 380 valence electrons. The van der Waals surface area contributed by atoms with Crippen LogP contribution in [-0.2, 0) is 33.2 Å². The predicted octanol–water partition coefficient (Wildman–Crippen LogP) is -0.153. The summed E-state index contributed by atoms with van der Waals surface area (Å²) in [4.78, 5) is 0.